The van der Waals surface area contributed by atoms with E-state index in [-0.39, 0.29) is 24.4 Å². The van der Waals surface area contributed by atoms with E-state index in [9.17, 15) is 19.5 Å². The lowest BCUT2D eigenvalue weighted by molar-refractivity contribution is -0.149. The van der Waals surface area contributed by atoms with Gasteiger partial charge in [-0.15, -0.1) is 0 Å². The van der Waals surface area contributed by atoms with Gasteiger partial charge in [-0.25, -0.2) is 4.79 Å². The van der Waals surface area contributed by atoms with Crippen LogP contribution in [0.2, 0.25) is 0 Å². The second-order valence-electron chi connectivity index (χ2n) is 6.97. The van der Waals surface area contributed by atoms with E-state index >= 15 is 0 Å². The van der Waals surface area contributed by atoms with Crippen LogP contribution in [0, 0.1) is 18.3 Å². The van der Waals surface area contributed by atoms with Crippen molar-refractivity contribution in [2.24, 2.45) is 11.3 Å². The minimum Gasteiger partial charge on any atom is -0.481 e. The summed E-state index contributed by atoms with van der Waals surface area (Å²) in [7, 11) is 1.55. The summed E-state index contributed by atoms with van der Waals surface area (Å²) in [5, 5.41) is 15.0. The van der Waals surface area contributed by atoms with Gasteiger partial charge in [0, 0.05) is 31.4 Å². The molecule has 1 saturated carbocycles. The van der Waals surface area contributed by atoms with Crippen molar-refractivity contribution < 1.29 is 19.5 Å². The molecule has 2 atom stereocenters. The summed E-state index contributed by atoms with van der Waals surface area (Å²) in [6.45, 7) is 2.56. The van der Waals surface area contributed by atoms with Crippen LogP contribution in [-0.4, -0.2) is 48.1 Å². The van der Waals surface area contributed by atoms with Gasteiger partial charge < -0.3 is 20.6 Å². The number of hydrogen-bond acceptors (Lipinski definition) is 3. The number of fused-ring (bicyclic) bond motifs is 1. The number of benzene rings is 1. The van der Waals surface area contributed by atoms with E-state index < -0.39 is 11.4 Å². The Bertz CT molecular complexity index is 733. The number of hydrogen-bond donors (Lipinski definition) is 3. The van der Waals surface area contributed by atoms with Gasteiger partial charge in [-0.3, -0.25) is 9.59 Å². The highest BCUT2D eigenvalue weighted by atomic mass is 16.4. The van der Waals surface area contributed by atoms with Gasteiger partial charge in [-0.05, 0) is 43.4 Å². The van der Waals surface area contributed by atoms with E-state index in [0.29, 0.717) is 24.2 Å². The van der Waals surface area contributed by atoms with E-state index in [4.69, 9.17) is 0 Å². The highest BCUT2D eigenvalue weighted by molar-refractivity contribution is 5.97. The molecule has 7 heteroatoms. The van der Waals surface area contributed by atoms with E-state index in [1.165, 1.54) is 0 Å². The Hall–Kier alpha value is -2.57. The third-order valence-electron chi connectivity index (χ3n) is 5.55. The molecule has 1 saturated heterocycles. The highest BCUT2D eigenvalue weighted by Gasteiger charge is 2.55. The highest BCUT2D eigenvalue weighted by Crippen LogP contribution is 2.48. The summed E-state index contributed by atoms with van der Waals surface area (Å²) >= 11 is 0. The van der Waals surface area contributed by atoms with Crippen LogP contribution in [0.15, 0.2) is 18.2 Å². The standard InChI is InChI=1S/C18H23N3O4/c1-11-5-6-12(15(22)19-2)8-14(11)20-17(25)21-9-13-4-3-7-18(13,10-21)16(23)24/h5-6,8,13H,3-4,7,9-10H2,1-2H3,(H,19,22)(H,20,25)(H,23,24)/t13-,18+/m0/s1. The molecule has 2 aliphatic rings. The smallest absolute Gasteiger partial charge is 0.321 e. The number of anilines is 1. The molecule has 7 nitrogen and oxygen atoms in total. The van der Waals surface area contributed by atoms with Crippen molar-refractivity contribution in [3.63, 3.8) is 0 Å². The predicted molar refractivity (Wildman–Crippen MR) is 92.6 cm³/mol. The molecule has 25 heavy (non-hydrogen) atoms. The molecule has 134 valence electrons. The Balaban J connectivity index is 1.75. The van der Waals surface area contributed by atoms with E-state index in [0.717, 1.165) is 18.4 Å². The number of aliphatic carboxylic acids is 1. The van der Waals surface area contributed by atoms with E-state index in [2.05, 4.69) is 10.6 Å². The Morgan fingerprint density at radius 1 is 1.32 bits per heavy atom. The maximum atomic E-state index is 12.6. The van der Waals surface area contributed by atoms with Crippen LogP contribution in [0.1, 0.15) is 35.2 Å². The predicted octanol–water partition coefficient (Wildman–Crippen LogP) is 2.07. The molecule has 1 aliphatic heterocycles. The average molecular weight is 345 g/mol. The molecular formula is C18H23N3O4. The monoisotopic (exact) mass is 345 g/mol. The van der Waals surface area contributed by atoms with E-state index in [1.807, 2.05) is 6.92 Å². The fraction of sp³-hybridized carbons (Fsp3) is 0.500. The number of carbonyl (C=O) groups excluding carboxylic acids is 2. The Morgan fingerprint density at radius 3 is 2.72 bits per heavy atom. The van der Waals surface area contributed by atoms with Crippen LogP contribution >= 0.6 is 0 Å². The molecular weight excluding hydrogens is 322 g/mol. The Kier molecular flexibility index (Phi) is 4.41. The van der Waals surface area contributed by atoms with Crippen molar-refractivity contribution in [1.82, 2.24) is 10.2 Å². The molecule has 3 N–H and O–H groups in total. The minimum atomic E-state index is -0.803. The number of nitrogens with one attached hydrogen (secondary N) is 2. The second kappa shape index (κ2) is 6.38. The average Bonchev–Trinajstić information content (AvgIpc) is 3.14. The number of likely N-dealkylation sites (tertiary alicyclic amines) is 1. The molecule has 1 aromatic rings. The number of carboxylic acid groups (broad SMARTS) is 1. The van der Waals surface area contributed by atoms with Crippen LogP contribution in [0.5, 0.6) is 0 Å². The first-order chi connectivity index (χ1) is 11.9. The van der Waals surface area contributed by atoms with Crippen LogP contribution in [-0.2, 0) is 4.79 Å². The minimum absolute atomic E-state index is 0.0223. The van der Waals surface area contributed by atoms with Gasteiger partial charge in [0.1, 0.15) is 0 Å². The van der Waals surface area contributed by atoms with Crippen molar-refractivity contribution in [3.8, 4) is 0 Å². The topological polar surface area (TPSA) is 98.7 Å². The summed E-state index contributed by atoms with van der Waals surface area (Å²) in [4.78, 5) is 37.7. The first kappa shape index (κ1) is 17.3. The number of carboxylic acids is 1. The van der Waals surface area contributed by atoms with Gasteiger partial charge >= 0.3 is 12.0 Å². The van der Waals surface area contributed by atoms with Gasteiger partial charge in [0.05, 0.1) is 5.41 Å². The maximum absolute atomic E-state index is 12.6. The second-order valence-corrected chi connectivity index (χ2v) is 6.97. The fourth-order valence-corrected chi connectivity index (χ4v) is 4.03. The Labute approximate surface area is 146 Å². The normalized spacial score (nSPS) is 24.7. The SMILES string of the molecule is CNC(=O)c1ccc(C)c(NC(=O)N2C[C@@H]3CCC[C@@]3(C(=O)O)C2)c1. The van der Waals surface area contributed by atoms with Gasteiger partial charge in [0.15, 0.2) is 0 Å². The zero-order valence-electron chi connectivity index (χ0n) is 14.5. The molecule has 1 heterocycles. The van der Waals surface area contributed by atoms with Crippen LogP contribution in [0.25, 0.3) is 0 Å². The zero-order valence-corrected chi connectivity index (χ0v) is 14.5. The van der Waals surface area contributed by atoms with Crippen molar-refractivity contribution in [2.75, 3.05) is 25.5 Å². The quantitative estimate of drug-likeness (QED) is 0.781. The van der Waals surface area contributed by atoms with Crippen LogP contribution < -0.4 is 10.6 Å². The fourth-order valence-electron chi connectivity index (χ4n) is 4.03. The first-order valence-corrected chi connectivity index (χ1v) is 8.49. The van der Waals surface area contributed by atoms with Crippen molar-refractivity contribution >= 4 is 23.6 Å². The third kappa shape index (κ3) is 2.94. The van der Waals surface area contributed by atoms with Gasteiger partial charge in [0.2, 0.25) is 0 Å². The first-order valence-electron chi connectivity index (χ1n) is 8.49. The molecule has 3 rings (SSSR count). The van der Waals surface area contributed by atoms with Crippen LogP contribution in [0.4, 0.5) is 10.5 Å². The number of nitrogens with zero attached hydrogens (tertiary/aromatic N) is 1. The lowest BCUT2D eigenvalue weighted by atomic mass is 9.81. The summed E-state index contributed by atoms with van der Waals surface area (Å²) < 4.78 is 0. The summed E-state index contributed by atoms with van der Waals surface area (Å²) in [6.07, 6.45) is 2.38. The number of carbonyl (C=O) groups is 3. The molecule has 0 bridgehead atoms. The third-order valence-corrected chi connectivity index (χ3v) is 5.55. The van der Waals surface area contributed by atoms with Gasteiger partial charge in [-0.1, -0.05) is 12.5 Å². The molecule has 0 unspecified atom stereocenters. The lowest BCUT2D eigenvalue weighted by Gasteiger charge is -2.23. The summed E-state index contributed by atoms with van der Waals surface area (Å²) in [5.41, 5.74) is 1.07. The number of rotatable bonds is 3. The number of aryl methyl sites for hydroxylation is 1. The molecule has 1 aromatic carbocycles. The molecule has 2 fully saturated rings. The largest absolute Gasteiger partial charge is 0.481 e. The van der Waals surface area contributed by atoms with Crippen molar-refractivity contribution in [1.29, 1.82) is 0 Å². The van der Waals surface area contributed by atoms with Crippen molar-refractivity contribution in [3.05, 3.63) is 29.3 Å². The number of urea groups is 1. The van der Waals surface area contributed by atoms with Crippen LogP contribution in [0.3, 0.4) is 0 Å². The maximum Gasteiger partial charge on any atom is 0.321 e. The molecule has 3 amide bonds. The van der Waals surface area contributed by atoms with Gasteiger partial charge in [0.25, 0.3) is 5.91 Å². The molecule has 0 radical (unpaired) electrons. The van der Waals surface area contributed by atoms with Crippen molar-refractivity contribution in [2.45, 2.75) is 26.2 Å². The summed E-state index contributed by atoms with van der Waals surface area (Å²) in [5.74, 6) is -1.01. The molecule has 1 aliphatic carbocycles. The summed E-state index contributed by atoms with van der Waals surface area (Å²) in [6, 6.07) is 4.80. The van der Waals surface area contributed by atoms with Gasteiger partial charge in [-0.2, -0.15) is 0 Å². The molecule has 0 aromatic heterocycles. The molecule has 0 spiro atoms. The van der Waals surface area contributed by atoms with E-state index in [1.54, 1.807) is 30.1 Å². The lowest BCUT2D eigenvalue weighted by Crippen LogP contribution is -2.38. The number of amides is 3. The Morgan fingerprint density at radius 2 is 2.08 bits per heavy atom. The zero-order chi connectivity index (χ0) is 18.2.